The number of amides is 1. The van der Waals surface area contributed by atoms with Gasteiger partial charge in [-0.25, -0.2) is 0 Å². The first-order valence-electron chi connectivity index (χ1n) is 12.5. The minimum Gasteiger partial charge on any atom is -0.382 e. The molecule has 202 valence electrons. The molecule has 1 aromatic heterocycles. The van der Waals surface area contributed by atoms with Crippen LogP contribution in [0, 0.1) is 11.8 Å². The Hall–Kier alpha value is -2.52. The molecule has 5 rings (SSSR count). The Morgan fingerprint density at radius 1 is 1.03 bits per heavy atom. The fraction of sp³-hybridized carbons (Fsp3) is 0.556. The van der Waals surface area contributed by atoms with Gasteiger partial charge in [0.15, 0.2) is 0 Å². The highest BCUT2D eigenvalue weighted by Gasteiger charge is 2.40. The average molecular weight is 538 g/mol. The molecule has 1 aromatic carbocycles. The lowest BCUT2D eigenvalue weighted by atomic mass is 10.0. The summed E-state index contributed by atoms with van der Waals surface area (Å²) in [6, 6.07) is 10.7. The predicted octanol–water partition coefficient (Wildman–Crippen LogP) is 5.25. The number of hydrogen-bond donors (Lipinski definition) is 1. The third-order valence-corrected chi connectivity index (χ3v) is 7.92. The number of alkyl halides is 3. The van der Waals surface area contributed by atoms with Crippen molar-refractivity contribution in [1.82, 2.24) is 14.8 Å². The van der Waals surface area contributed by atoms with E-state index in [-0.39, 0.29) is 19.4 Å². The van der Waals surface area contributed by atoms with Gasteiger partial charge < -0.3 is 20.0 Å². The maximum atomic E-state index is 12.9. The number of anilines is 2. The largest absolute Gasteiger partial charge is 0.433 e. The first kappa shape index (κ1) is 27.5. The van der Waals surface area contributed by atoms with E-state index in [0.717, 1.165) is 43.8 Å². The van der Waals surface area contributed by atoms with Crippen molar-refractivity contribution in [3.05, 3.63) is 53.3 Å². The van der Waals surface area contributed by atoms with E-state index >= 15 is 0 Å². The van der Waals surface area contributed by atoms with Gasteiger partial charge in [-0.1, -0.05) is 19.0 Å². The van der Waals surface area contributed by atoms with Crippen molar-refractivity contribution in [2.75, 3.05) is 56.0 Å². The summed E-state index contributed by atoms with van der Waals surface area (Å²) in [6.45, 7) is 6.16. The molecule has 4 heterocycles. The summed E-state index contributed by atoms with van der Waals surface area (Å²) in [6.07, 6.45) is -1.35. The molecular weight excluding hydrogens is 503 g/mol. The van der Waals surface area contributed by atoms with E-state index in [9.17, 15) is 18.0 Å². The first-order chi connectivity index (χ1) is 17.2. The van der Waals surface area contributed by atoms with Gasteiger partial charge in [0.1, 0.15) is 5.69 Å². The molecule has 3 aliphatic heterocycles. The number of halogens is 4. The first-order valence-corrected chi connectivity index (χ1v) is 12.9. The minimum absolute atomic E-state index is 0. The zero-order valence-corrected chi connectivity index (χ0v) is 20.8. The van der Waals surface area contributed by atoms with E-state index in [1.807, 2.05) is 17.0 Å². The number of carbonyl (C=O) groups is 1. The molecule has 3 fully saturated rings. The van der Waals surface area contributed by atoms with Crippen LogP contribution in [-0.2, 0) is 11.0 Å². The van der Waals surface area contributed by atoms with E-state index in [4.69, 9.17) is 11.6 Å². The summed E-state index contributed by atoms with van der Waals surface area (Å²) >= 11 is 6.01. The van der Waals surface area contributed by atoms with Crippen LogP contribution in [0.25, 0.3) is 0 Å². The zero-order valence-electron chi connectivity index (χ0n) is 20.1. The Labute approximate surface area is 221 Å². The average Bonchev–Trinajstić information content (AvgIpc) is 3.42. The lowest BCUT2D eigenvalue weighted by molar-refractivity contribution is -0.141. The van der Waals surface area contributed by atoms with Gasteiger partial charge in [-0.2, -0.15) is 13.2 Å². The predicted molar refractivity (Wildman–Crippen MR) is 141 cm³/mol. The number of aromatic nitrogens is 1. The Morgan fingerprint density at radius 3 is 2.30 bits per heavy atom. The highest BCUT2D eigenvalue weighted by atomic mass is 35.5. The molecule has 6 nitrogen and oxygen atoms in total. The van der Waals surface area contributed by atoms with Crippen molar-refractivity contribution in [3.8, 4) is 0 Å². The van der Waals surface area contributed by atoms with Crippen molar-refractivity contribution in [1.29, 1.82) is 0 Å². The van der Waals surface area contributed by atoms with Crippen LogP contribution in [0.4, 0.5) is 24.5 Å². The number of likely N-dealkylation sites (tertiary alicyclic amines) is 2. The third-order valence-electron chi connectivity index (χ3n) is 7.66. The van der Waals surface area contributed by atoms with Gasteiger partial charge in [-0.3, -0.25) is 9.78 Å². The van der Waals surface area contributed by atoms with Crippen LogP contribution in [-0.4, -0.2) is 72.5 Å². The maximum absolute atomic E-state index is 12.9. The normalized spacial score (nSPS) is 22.6. The van der Waals surface area contributed by atoms with Gasteiger partial charge in [0, 0.05) is 80.9 Å². The molecule has 2 atom stereocenters. The van der Waals surface area contributed by atoms with Crippen LogP contribution < -0.4 is 10.2 Å². The summed E-state index contributed by atoms with van der Waals surface area (Å²) in [4.78, 5) is 23.0. The lowest BCUT2D eigenvalue weighted by Gasteiger charge is -2.33. The van der Waals surface area contributed by atoms with Crippen molar-refractivity contribution in [2.24, 2.45) is 11.8 Å². The van der Waals surface area contributed by atoms with Crippen molar-refractivity contribution < 1.29 is 18.0 Å². The molecule has 1 N–H and O–H groups in total. The molecule has 0 bridgehead atoms. The summed E-state index contributed by atoms with van der Waals surface area (Å²) in [5.41, 5.74) is 0.735. The van der Waals surface area contributed by atoms with Crippen LogP contribution in [0.1, 0.15) is 32.4 Å². The van der Waals surface area contributed by atoms with Gasteiger partial charge in [0.2, 0.25) is 5.91 Å². The van der Waals surface area contributed by atoms with Gasteiger partial charge >= 0.3 is 6.18 Å². The number of fused-ring (bicyclic) bond motifs is 1. The molecule has 0 radical (unpaired) electrons. The topological polar surface area (TPSA) is 51.7 Å². The Morgan fingerprint density at radius 2 is 1.68 bits per heavy atom. The zero-order chi connectivity index (χ0) is 25.3. The molecule has 1 amide bonds. The van der Waals surface area contributed by atoms with Crippen molar-refractivity contribution >= 4 is 28.9 Å². The molecule has 10 heteroatoms. The van der Waals surface area contributed by atoms with Crippen molar-refractivity contribution in [3.63, 3.8) is 0 Å². The van der Waals surface area contributed by atoms with Crippen LogP contribution >= 0.6 is 11.6 Å². The standard InChI is InChI=1S/C26H31ClF3N5O.CH4/c27-20-1-3-23(4-2-20)35-16-18-14-33(15-19(18)17-35)10-8-25(36)34-11-6-21(7-12-34)32-22-5-9-31-24(13-22)26(28,29)30;/h1-5,9,13,18-19,21H,6-8,10-12,14-17H2,(H,31,32);1H4. The maximum Gasteiger partial charge on any atom is 0.433 e. The molecule has 2 aromatic rings. The second kappa shape index (κ2) is 11.5. The third kappa shape index (κ3) is 6.68. The summed E-state index contributed by atoms with van der Waals surface area (Å²) < 4.78 is 38.7. The monoisotopic (exact) mass is 537 g/mol. The van der Waals surface area contributed by atoms with E-state index in [2.05, 4.69) is 32.2 Å². The van der Waals surface area contributed by atoms with Crippen LogP contribution in [0.15, 0.2) is 42.6 Å². The second-order valence-corrected chi connectivity index (χ2v) is 10.6. The second-order valence-electron chi connectivity index (χ2n) is 10.1. The quantitative estimate of drug-likeness (QED) is 0.545. The van der Waals surface area contributed by atoms with E-state index in [1.165, 1.54) is 11.9 Å². The Kier molecular flexibility index (Phi) is 8.53. The summed E-state index contributed by atoms with van der Waals surface area (Å²) in [5, 5.41) is 3.93. The smallest absolute Gasteiger partial charge is 0.382 e. The van der Waals surface area contributed by atoms with Crippen LogP contribution in [0.3, 0.4) is 0 Å². The summed E-state index contributed by atoms with van der Waals surface area (Å²) in [7, 11) is 0. The number of carbonyl (C=O) groups excluding carboxylic acids is 1. The Balaban J connectivity index is 0.00000320. The SMILES string of the molecule is C.O=C(CCN1CC2CN(c3ccc(Cl)cc3)CC2C1)N1CCC(Nc2ccnc(C(F)(F)F)c2)CC1. The Bertz CT molecular complexity index is 1040. The summed E-state index contributed by atoms with van der Waals surface area (Å²) in [5.74, 6) is 1.42. The fourth-order valence-corrected chi connectivity index (χ4v) is 5.86. The van der Waals surface area contributed by atoms with E-state index in [0.29, 0.717) is 49.9 Å². The molecule has 2 unspecified atom stereocenters. The highest BCUT2D eigenvalue weighted by molar-refractivity contribution is 6.30. The number of pyridine rings is 1. The lowest BCUT2D eigenvalue weighted by Crippen LogP contribution is -2.43. The molecule has 3 aliphatic rings. The fourth-order valence-electron chi connectivity index (χ4n) is 5.73. The molecule has 3 saturated heterocycles. The van der Waals surface area contributed by atoms with Gasteiger partial charge in [-0.05, 0) is 61.1 Å². The molecule has 37 heavy (non-hydrogen) atoms. The molecular formula is C27H35ClF3N5O. The number of rotatable bonds is 6. The van der Waals surface area contributed by atoms with Crippen LogP contribution in [0.2, 0.25) is 5.02 Å². The van der Waals surface area contributed by atoms with Gasteiger partial charge in [-0.15, -0.1) is 0 Å². The number of piperidine rings is 1. The van der Waals surface area contributed by atoms with E-state index < -0.39 is 11.9 Å². The molecule has 0 aliphatic carbocycles. The van der Waals surface area contributed by atoms with Gasteiger partial charge in [0.25, 0.3) is 0 Å². The van der Waals surface area contributed by atoms with Crippen LogP contribution in [0.5, 0.6) is 0 Å². The minimum atomic E-state index is -4.46. The molecule has 0 spiro atoms. The number of nitrogens with one attached hydrogen (secondary N) is 1. The van der Waals surface area contributed by atoms with Crippen molar-refractivity contribution in [2.45, 2.75) is 38.9 Å². The number of hydrogen-bond acceptors (Lipinski definition) is 5. The molecule has 0 saturated carbocycles. The van der Waals surface area contributed by atoms with E-state index in [1.54, 1.807) is 6.07 Å². The highest BCUT2D eigenvalue weighted by Crippen LogP contribution is 2.34. The number of benzene rings is 1. The number of nitrogens with zero attached hydrogens (tertiary/aromatic N) is 4. The van der Waals surface area contributed by atoms with Gasteiger partial charge in [0.05, 0.1) is 0 Å².